The molecular weight excluding hydrogens is 390 g/mol. The van der Waals surface area contributed by atoms with Crippen molar-refractivity contribution in [3.05, 3.63) is 58.1 Å². The third-order valence-electron chi connectivity index (χ3n) is 5.53. The van der Waals surface area contributed by atoms with E-state index in [0.29, 0.717) is 5.92 Å². The smallest absolute Gasteiger partial charge is 0.253 e. The monoisotopic (exact) mass is 413 g/mol. The molecule has 6 heteroatoms. The Labute approximate surface area is 174 Å². The van der Waals surface area contributed by atoms with Gasteiger partial charge in [0.2, 0.25) is 0 Å². The second-order valence-electron chi connectivity index (χ2n) is 7.29. The number of rotatable bonds is 4. The number of anilines is 1. The Balaban J connectivity index is 1.41. The van der Waals surface area contributed by atoms with Crippen LogP contribution in [0.25, 0.3) is 10.2 Å². The van der Waals surface area contributed by atoms with Gasteiger partial charge in [0.05, 0.1) is 15.2 Å². The van der Waals surface area contributed by atoms with E-state index in [1.807, 2.05) is 47.4 Å². The number of benzene rings is 2. The van der Waals surface area contributed by atoms with Crippen LogP contribution in [0.15, 0.2) is 42.5 Å². The summed E-state index contributed by atoms with van der Waals surface area (Å²) >= 11 is 7.83. The van der Waals surface area contributed by atoms with Crippen LogP contribution in [0, 0.1) is 0 Å². The van der Waals surface area contributed by atoms with Crippen LogP contribution in [0.3, 0.4) is 0 Å². The molecule has 0 radical (unpaired) electrons. The van der Waals surface area contributed by atoms with Gasteiger partial charge in [0.1, 0.15) is 0 Å². The number of likely N-dealkylation sites (tertiary alicyclic amines) is 1. The summed E-state index contributed by atoms with van der Waals surface area (Å²) in [6.07, 6.45) is 1.91. The van der Waals surface area contributed by atoms with Gasteiger partial charge in [-0.1, -0.05) is 11.6 Å². The number of thiazole rings is 1. The molecule has 0 N–H and O–H groups in total. The summed E-state index contributed by atoms with van der Waals surface area (Å²) < 4.78 is 1.18. The summed E-state index contributed by atoms with van der Waals surface area (Å²) in [5.41, 5.74) is 2.87. The predicted octanol–water partition coefficient (Wildman–Crippen LogP) is 5.43. The van der Waals surface area contributed by atoms with Gasteiger partial charge in [0.15, 0.2) is 0 Å². The predicted molar refractivity (Wildman–Crippen MR) is 118 cm³/mol. The molecule has 1 aliphatic rings. The van der Waals surface area contributed by atoms with E-state index in [9.17, 15) is 4.79 Å². The van der Waals surface area contributed by atoms with Crippen LogP contribution in [0.4, 0.5) is 5.69 Å². The first kappa shape index (κ1) is 19.2. The molecule has 0 saturated carbocycles. The van der Waals surface area contributed by atoms with E-state index in [4.69, 9.17) is 16.6 Å². The maximum absolute atomic E-state index is 12.9. The largest absolute Gasteiger partial charge is 0.375 e. The average Bonchev–Trinajstić information content (AvgIpc) is 3.16. The maximum atomic E-state index is 12.9. The molecule has 1 aliphatic heterocycles. The standard InChI is InChI=1S/C22H24ClN3OS/c1-3-25(2)18-7-4-16(5-8-18)22(27)26-12-10-15(11-13-26)21-24-19-14-17(23)6-9-20(19)28-21/h4-9,14-15H,3,10-13H2,1-2H3. The molecule has 28 heavy (non-hydrogen) atoms. The van der Waals surface area contributed by atoms with Crippen molar-refractivity contribution >= 4 is 44.7 Å². The van der Waals surface area contributed by atoms with Crippen LogP contribution in [0.2, 0.25) is 5.02 Å². The molecule has 1 amide bonds. The summed E-state index contributed by atoms with van der Waals surface area (Å²) in [6.45, 7) is 4.61. The summed E-state index contributed by atoms with van der Waals surface area (Å²) in [4.78, 5) is 21.8. The van der Waals surface area contributed by atoms with E-state index in [2.05, 4.69) is 18.9 Å². The number of amides is 1. The van der Waals surface area contributed by atoms with Crippen LogP contribution in [0.5, 0.6) is 0 Å². The molecule has 4 rings (SSSR count). The van der Waals surface area contributed by atoms with Crippen LogP contribution in [0.1, 0.15) is 41.0 Å². The fourth-order valence-electron chi connectivity index (χ4n) is 3.65. The zero-order valence-corrected chi connectivity index (χ0v) is 17.8. The normalized spacial score (nSPS) is 15.2. The minimum Gasteiger partial charge on any atom is -0.375 e. The Morgan fingerprint density at radius 3 is 2.61 bits per heavy atom. The Hall–Kier alpha value is -2.11. The number of halogens is 1. The van der Waals surface area contributed by atoms with Gasteiger partial charge in [-0.05, 0) is 62.2 Å². The van der Waals surface area contributed by atoms with Crippen LogP contribution < -0.4 is 4.90 Å². The minimum absolute atomic E-state index is 0.125. The molecule has 3 aromatic rings. The quantitative estimate of drug-likeness (QED) is 0.572. The Morgan fingerprint density at radius 1 is 1.21 bits per heavy atom. The van der Waals surface area contributed by atoms with Crippen molar-refractivity contribution in [1.82, 2.24) is 9.88 Å². The molecule has 1 saturated heterocycles. The van der Waals surface area contributed by atoms with Crippen molar-refractivity contribution in [3.8, 4) is 0 Å². The number of carbonyl (C=O) groups is 1. The summed E-state index contributed by atoms with van der Waals surface area (Å²) in [5, 5.41) is 1.89. The SMILES string of the molecule is CCN(C)c1ccc(C(=O)N2CCC(c3nc4cc(Cl)ccc4s3)CC2)cc1. The molecule has 2 aromatic carbocycles. The van der Waals surface area contributed by atoms with Crippen molar-refractivity contribution in [1.29, 1.82) is 0 Å². The first-order chi connectivity index (χ1) is 13.5. The average molecular weight is 414 g/mol. The lowest BCUT2D eigenvalue weighted by molar-refractivity contribution is 0.0713. The number of fused-ring (bicyclic) bond motifs is 1. The van der Waals surface area contributed by atoms with E-state index in [1.54, 1.807) is 11.3 Å². The van der Waals surface area contributed by atoms with Crippen molar-refractivity contribution < 1.29 is 4.79 Å². The van der Waals surface area contributed by atoms with E-state index in [0.717, 1.165) is 59.3 Å². The topological polar surface area (TPSA) is 36.4 Å². The van der Waals surface area contributed by atoms with Crippen molar-refractivity contribution in [3.63, 3.8) is 0 Å². The molecule has 0 bridgehead atoms. The fraction of sp³-hybridized carbons (Fsp3) is 0.364. The first-order valence-electron chi connectivity index (χ1n) is 9.71. The lowest BCUT2D eigenvalue weighted by atomic mass is 9.97. The fourth-order valence-corrected chi connectivity index (χ4v) is 4.93. The molecule has 1 aromatic heterocycles. The molecule has 0 aliphatic carbocycles. The summed E-state index contributed by atoms with van der Waals surface area (Å²) in [7, 11) is 2.05. The molecule has 0 atom stereocenters. The van der Waals surface area contributed by atoms with E-state index < -0.39 is 0 Å². The highest BCUT2D eigenvalue weighted by Gasteiger charge is 2.26. The molecule has 1 fully saturated rings. The molecule has 0 unspecified atom stereocenters. The second-order valence-corrected chi connectivity index (χ2v) is 8.79. The highest BCUT2D eigenvalue weighted by Crippen LogP contribution is 2.35. The van der Waals surface area contributed by atoms with E-state index >= 15 is 0 Å². The number of carbonyl (C=O) groups excluding carboxylic acids is 1. The number of aromatic nitrogens is 1. The van der Waals surface area contributed by atoms with Gasteiger partial charge in [0, 0.05) is 48.9 Å². The third kappa shape index (κ3) is 3.87. The van der Waals surface area contributed by atoms with Crippen LogP contribution >= 0.6 is 22.9 Å². The van der Waals surface area contributed by atoms with Crippen molar-refractivity contribution in [2.24, 2.45) is 0 Å². The summed E-state index contributed by atoms with van der Waals surface area (Å²) in [5.74, 6) is 0.543. The van der Waals surface area contributed by atoms with Gasteiger partial charge in [-0.3, -0.25) is 4.79 Å². The Kier molecular flexibility index (Phi) is 5.56. The highest BCUT2D eigenvalue weighted by molar-refractivity contribution is 7.18. The second kappa shape index (κ2) is 8.10. The summed E-state index contributed by atoms with van der Waals surface area (Å²) in [6, 6.07) is 13.8. The van der Waals surface area contributed by atoms with Gasteiger partial charge >= 0.3 is 0 Å². The van der Waals surface area contributed by atoms with Crippen molar-refractivity contribution in [2.45, 2.75) is 25.7 Å². The number of piperidine rings is 1. The van der Waals surface area contributed by atoms with Gasteiger partial charge in [-0.25, -0.2) is 4.98 Å². The van der Waals surface area contributed by atoms with Crippen LogP contribution in [-0.4, -0.2) is 42.5 Å². The maximum Gasteiger partial charge on any atom is 0.253 e. The molecule has 146 valence electrons. The van der Waals surface area contributed by atoms with Gasteiger partial charge in [-0.2, -0.15) is 0 Å². The highest BCUT2D eigenvalue weighted by atomic mass is 35.5. The van der Waals surface area contributed by atoms with Gasteiger partial charge < -0.3 is 9.80 Å². The molecule has 0 spiro atoms. The zero-order valence-electron chi connectivity index (χ0n) is 16.2. The Bertz CT molecular complexity index is 977. The van der Waals surface area contributed by atoms with Gasteiger partial charge in [-0.15, -0.1) is 11.3 Å². The lowest BCUT2D eigenvalue weighted by Gasteiger charge is -2.31. The first-order valence-corrected chi connectivity index (χ1v) is 10.9. The van der Waals surface area contributed by atoms with E-state index in [-0.39, 0.29) is 5.91 Å². The van der Waals surface area contributed by atoms with Crippen LogP contribution in [-0.2, 0) is 0 Å². The number of nitrogens with zero attached hydrogens (tertiary/aromatic N) is 3. The number of hydrogen-bond donors (Lipinski definition) is 0. The number of hydrogen-bond acceptors (Lipinski definition) is 4. The minimum atomic E-state index is 0.125. The van der Waals surface area contributed by atoms with Crippen molar-refractivity contribution in [2.75, 3.05) is 31.6 Å². The molecule has 2 heterocycles. The van der Waals surface area contributed by atoms with E-state index in [1.165, 1.54) is 4.70 Å². The van der Waals surface area contributed by atoms with Gasteiger partial charge in [0.25, 0.3) is 5.91 Å². The molecule has 4 nitrogen and oxygen atoms in total. The third-order valence-corrected chi connectivity index (χ3v) is 6.96. The Morgan fingerprint density at radius 2 is 1.93 bits per heavy atom. The lowest BCUT2D eigenvalue weighted by Crippen LogP contribution is -2.37. The zero-order chi connectivity index (χ0) is 19.7. The molecular formula is C22H24ClN3OS.